The van der Waals surface area contributed by atoms with Gasteiger partial charge in [0, 0.05) is 12.2 Å². The van der Waals surface area contributed by atoms with Crippen LogP contribution in [0.2, 0.25) is 0 Å². The molecule has 1 saturated heterocycles. The van der Waals surface area contributed by atoms with Crippen LogP contribution in [0.3, 0.4) is 0 Å². The standard InChI is InChI=1S/C12H15N3O2/c13-9-5-2-1-4-8(9)11(16)15-10-6-3-7-14-12(10)17/h1-2,4-5,10H,3,6-7,13H2,(H,14,17)(H,15,16)/t10-/m0/s1. The molecule has 0 spiro atoms. The lowest BCUT2D eigenvalue weighted by atomic mass is 10.1. The van der Waals surface area contributed by atoms with Gasteiger partial charge >= 0.3 is 0 Å². The van der Waals surface area contributed by atoms with Crippen LogP contribution in [0, 0.1) is 0 Å². The molecule has 2 amide bonds. The highest BCUT2D eigenvalue weighted by Gasteiger charge is 2.24. The fourth-order valence-electron chi connectivity index (χ4n) is 1.85. The van der Waals surface area contributed by atoms with Gasteiger partial charge in [-0.05, 0) is 25.0 Å². The maximum absolute atomic E-state index is 11.9. The molecule has 17 heavy (non-hydrogen) atoms. The van der Waals surface area contributed by atoms with Crippen molar-refractivity contribution in [2.24, 2.45) is 0 Å². The van der Waals surface area contributed by atoms with Crippen LogP contribution in [0.15, 0.2) is 24.3 Å². The molecule has 90 valence electrons. The molecule has 1 aliphatic rings. The van der Waals surface area contributed by atoms with Crippen LogP contribution in [0.1, 0.15) is 23.2 Å². The summed E-state index contributed by atoms with van der Waals surface area (Å²) in [6.45, 7) is 0.679. The zero-order valence-electron chi connectivity index (χ0n) is 9.40. The van der Waals surface area contributed by atoms with Gasteiger partial charge in [-0.15, -0.1) is 0 Å². The van der Waals surface area contributed by atoms with E-state index in [4.69, 9.17) is 5.73 Å². The topological polar surface area (TPSA) is 84.2 Å². The Morgan fingerprint density at radius 1 is 1.41 bits per heavy atom. The molecule has 1 fully saturated rings. The lowest BCUT2D eigenvalue weighted by Gasteiger charge is -2.22. The quantitative estimate of drug-likeness (QED) is 0.641. The van der Waals surface area contributed by atoms with E-state index < -0.39 is 6.04 Å². The molecule has 2 rings (SSSR count). The number of amides is 2. The number of rotatable bonds is 2. The predicted molar refractivity (Wildman–Crippen MR) is 64.4 cm³/mol. The van der Waals surface area contributed by atoms with E-state index in [-0.39, 0.29) is 11.8 Å². The fraction of sp³-hybridized carbons (Fsp3) is 0.333. The van der Waals surface area contributed by atoms with Gasteiger partial charge in [0.2, 0.25) is 5.91 Å². The molecule has 0 radical (unpaired) electrons. The van der Waals surface area contributed by atoms with Gasteiger partial charge in [-0.2, -0.15) is 0 Å². The van der Waals surface area contributed by atoms with Gasteiger partial charge in [0.25, 0.3) is 5.91 Å². The summed E-state index contributed by atoms with van der Waals surface area (Å²) < 4.78 is 0. The summed E-state index contributed by atoms with van der Waals surface area (Å²) in [6, 6.07) is 6.36. The third-order valence-corrected chi connectivity index (χ3v) is 2.80. The van der Waals surface area contributed by atoms with E-state index in [0.29, 0.717) is 24.2 Å². The Balaban J connectivity index is 2.06. The molecule has 1 aromatic carbocycles. The number of nitrogens with two attached hydrogens (primary N) is 1. The molecule has 0 aliphatic carbocycles. The number of hydrogen-bond donors (Lipinski definition) is 3. The van der Waals surface area contributed by atoms with E-state index in [1.165, 1.54) is 0 Å². The van der Waals surface area contributed by atoms with Gasteiger partial charge in [0.1, 0.15) is 6.04 Å². The Kier molecular flexibility index (Phi) is 3.27. The Bertz CT molecular complexity index is 445. The second-order valence-corrected chi connectivity index (χ2v) is 4.05. The maximum Gasteiger partial charge on any atom is 0.254 e. The smallest absolute Gasteiger partial charge is 0.254 e. The van der Waals surface area contributed by atoms with Crippen molar-refractivity contribution in [1.82, 2.24) is 10.6 Å². The first-order valence-electron chi connectivity index (χ1n) is 5.61. The molecule has 0 unspecified atom stereocenters. The van der Waals surface area contributed by atoms with Gasteiger partial charge < -0.3 is 16.4 Å². The summed E-state index contributed by atoms with van der Waals surface area (Å²) in [7, 11) is 0. The van der Waals surface area contributed by atoms with Crippen molar-refractivity contribution in [1.29, 1.82) is 0 Å². The minimum atomic E-state index is -0.448. The SMILES string of the molecule is Nc1ccccc1C(=O)N[C@H]1CCCNC1=O. The molecule has 1 aromatic rings. The molecule has 5 heteroatoms. The number of benzene rings is 1. The highest BCUT2D eigenvalue weighted by molar-refractivity contribution is 6.01. The summed E-state index contributed by atoms with van der Waals surface area (Å²) in [4.78, 5) is 23.4. The average Bonchev–Trinajstić information content (AvgIpc) is 2.32. The maximum atomic E-state index is 11.9. The number of nitrogen functional groups attached to an aromatic ring is 1. The van der Waals surface area contributed by atoms with Gasteiger partial charge in [-0.3, -0.25) is 9.59 Å². The Morgan fingerprint density at radius 3 is 2.88 bits per heavy atom. The second-order valence-electron chi connectivity index (χ2n) is 4.05. The first-order valence-corrected chi connectivity index (χ1v) is 5.61. The normalized spacial score (nSPS) is 19.5. The van der Waals surface area contributed by atoms with Gasteiger partial charge in [-0.25, -0.2) is 0 Å². The minimum Gasteiger partial charge on any atom is -0.398 e. The van der Waals surface area contributed by atoms with Crippen LogP contribution in [-0.2, 0) is 4.79 Å². The molecule has 5 nitrogen and oxygen atoms in total. The van der Waals surface area contributed by atoms with Crippen molar-refractivity contribution in [3.8, 4) is 0 Å². The number of para-hydroxylation sites is 1. The zero-order chi connectivity index (χ0) is 12.3. The average molecular weight is 233 g/mol. The molecule has 1 aliphatic heterocycles. The van der Waals surface area contributed by atoms with Gasteiger partial charge in [-0.1, -0.05) is 12.1 Å². The largest absolute Gasteiger partial charge is 0.398 e. The fourth-order valence-corrected chi connectivity index (χ4v) is 1.85. The van der Waals surface area contributed by atoms with E-state index in [2.05, 4.69) is 10.6 Å². The van der Waals surface area contributed by atoms with E-state index in [1.807, 2.05) is 0 Å². The monoisotopic (exact) mass is 233 g/mol. The van der Waals surface area contributed by atoms with Crippen molar-refractivity contribution in [2.75, 3.05) is 12.3 Å². The van der Waals surface area contributed by atoms with Crippen LogP contribution < -0.4 is 16.4 Å². The van der Waals surface area contributed by atoms with Crippen LogP contribution >= 0.6 is 0 Å². The number of carbonyl (C=O) groups is 2. The first kappa shape index (κ1) is 11.4. The Hall–Kier alpha value is -2.04. The van der Waals surface area contributed by atoms with Crippen LogP contribution in [-0.4, -0.2) is 24.4 Å². The number of anilines is 1. The molecule has 1 atom stereocenters. The third-order valence-electron chi connectivity index (χ3n) is 2.80. The summed E-state index contributed by atoms with van der Waals surface area (Å²) in [5.41, 5.74) is 6.53. The number of carbonyl (C=O) groups excluding carboxylic acids is 2. The van der Waals surface area contributed by atoms with E-state index in [0.717, 1.165) is 6.42 Å². The summed E-state index contributed by atoms with van der Waals surface area (Å²) >= 11 is 0. The van der Waals surface area contributed by atoms with Crippen molar-refractivity contribution >= 4 is 17.5 Å². The predicted octanol–water partition coefficient (Wildman–Crippen LogP) is 0.277. The number of hydrogen-bond acceptors (Lipinski definition) is 3. The van der Waals surface area contributed by atoms with Crippen molar-refractivity contribution in [3.63, 3.8) is 0 Å². The summed E-state index contributed by atoms with van der Waals surface area (Å²) in [5, 5.41) is 5.41. The van der Waals surface area contributed by atoms with Crippen LogP contribution in [0.4, 0.5) is 5.69 Å². The summed E-state index contributed by atoms with van der Waals surface area (Å²) in [5.74, 6) is -0.427. The molecular weight excluding hydrogens is 218 g/mol. The van der Waals surface area contributed by atoms with E-state index >= 15 is 0 Å². The van der Waals surface area contributed by atoms with Crippen molar-refractivity contribution < 1.29 is 9.59 Å². The van der Waals surface area contributed by atoms with Gasteiger partial charge in [0.05, 0.1) is 5.56 Å². The molecule has 1 heterocycles. The highest BCUT2D eigenvalue weighted by Crippen LogP contribution is 2.11. The molecule has 0 bridgehead atoms. The first-order chi connectivity index (χ1) is 8.18. The molecule has 4 N–H and O–H groups in total. The third kappa shape index (κ3) is 2.55. The molecular formula is C12H15N3O2. The highest BCUT2D eigenvalue weighted by atomic mass is 16.2. The van der Waals surface area contributed by atoms with Gasteiger partial charge in [0.15, 0.2) is 0 Å². The van der Waals surface area contributed by atoms with Crippen molar-refractivity contribution in [3.05, 3.63) is 29.8 Å². The van der Waals surface area contributed by atoms with Crippen LogP contribution in [0.5, 0.6) is 0 Å². The van der Waals surface area contributed by atoms with E-state index in [9.17, 15) is 9.59 Å². The molecule has 0 saturated carbocycles. The summed E-state index contributed by atoms with van der Waals surface area (Å²) in [6.07, 6.45) is 1.55. The second kappa shape index (κ2) is 4.86. The van der Waals surface area contributed by atoms with Crippen LogP contribution in [0.25, 0.3) is 0 Å². The number of piperidine rings is 1. The number of nitrogens with one attached hydrogen (secondary N) is 2. The Morgan fingerprint density at radius 2 is 2.18 bits per heavy atom. The molecule has 0 aromatic heterocycles. The zero-order valence-corrected chi connectivity index (χ0v) is 9.40. The van der Waals surface area contributed by atoms with E-state index in [1.54, 1.807) is 24.3 Å². The lowest BCUT2D eigenvalue weighted by Crippen LogP contribution is -2.50. The van der Waals surface area contributed by atoms with Crippen molar-refractivity contribution in [2.45, 2.75) is 18.9 Å². The Labute approximate surface area is 99.4 Å². The lowest BCUT2D eigenvalue weighted by molar-refractivity contribution is -0.124. The minimum absolute atomic E-state index is 0.126.